The summed E-state index contributed by atoms with van der Waals surface area (Å²) in [4.78, 5) is 0. The molecule has 1 unspecified atom stereocenters. The predicted molar refractivity (Wildman–Crippen MR) is 66.4 cm³/mol. The molecule has 0 saturated heterocycles. The highest BCUT2D eigenvalue weighted by molar-refractivity contribution is 9.10. The van der Waals surface area contributed by atoms with Gasteiger partial charge in [0.2, 0.25) is 0 Å². The molecule has 0 spiro atoms. The van der Waals surface area contributed by atoms with E-state index in [0.29, 0.717) is 10.4 Å². The average Bonchev–Trinajstić information content (AvgIpc) is 2.67. The molecule has 1 aromatic heterocycles. The van der Waals surface area contributed by atoms with Crippen LogP contribution in [0.5, 0.6) is 0 Å². The summed E-state index contributed by atoms with van der Waals surface area (Å²) in [5, 5.41) is 10.2. The maximum Gasteiger partial charge on any atom is 0.169 e. The van der Waals surface area contributed by atoms with E-state index >= 15 is 0 Å². The monoisotopic (exact) mass is 280 g/mol. The molecule has 1 N–H and O–H groups in total. The van der Waals surface area contributed by atoms with Gasteiger partial charge in [-0.15, -0.1) is 0 Å². The minimum absolute atomic E-state index is 0.556. The number of aliphatic hydroxyl groups is 1. The quantitative estimate of drug-likeness (QED) is 0.909. The third-order valence-corrected chi connectivity index (χ3v) is 3.02. The second-order valence-corrected chi connectivity index (χ2v) is 4.69. The van der Waals surface area contributed by atoms with Gasteiger partial charge in [-0.05, 0) is 53.0 Å². The van der Waals surface area contributed by atoms with E-state index in [9.17, 15) is 5.11 Å². The van der Waals surface area contributed by atoms with Crippen molar-refractivity contribution >= 4 is 15.9 Å². The Balaban J connectivity index is 2.40. The summed E-state index contributed by atoms with van der Waals surface area (Å²) in [6.45, 7) is 3.99. The van der Waals surface area contributed by atoms with Crippen molar-refractivity contribution in [1.82, 2.24) is 0 Å². The molecule has 1 atom stereocenters. The van der Waals surface area contributed by atoms with Crippen LogP contribution in [0.15, 0.2) is 39.4 Å². The summed E-state index contributed by atoms with van der Waals surface area (Å²) in [6, 6.07) is 9.58. The lowest BCUT2D eigenvalue weighted by Crippen LogP contribution is -2.01. The Labute approximate surface area is 103 Å². The number of furan rings is 1. The van der Waals surface area contributed by atoms with Crippen molar-refractivity contribution in [1.29, 1.82) is 0 Å². The molecule has 2 aromatic rings. The van der Waals surface area contributed by atoms with Crippen LogP contribution in [0.3, 0.4) is 0 Å². The molecule has 0 fully saturated rings. The molecule has 0 aliphatic carbocycles. The lowest BCUT2D eigenvalue weighted by Gasteiger charge is -2.12. The van der Waals surface area contributed by atoms with Crippen molar-refractivity contribution in [2.45, 2.75) is 20.0 Å². The van der Waals surface area contributed by atoms with Gasteiger partial charge in [-0.3, -0.25) is 0 Å². The smallest absolute Gasteiger partial charge is 0.169 e. The molecule has 0 bridgehead atoms. The van der Waals surface area contributed by atoms with Gasteiger partial charge in [-0.1, -0.05) is 23.8 Å². The van der Waals surface area contributed by atoms with Gasteiger partial charge in [0.05, 0.1) is 0 Å². The second kappa shape index (κ2) is 4.44. The summed E-state index contributed by atoms with van der Waals surface area (Å²) < 4.78 is 5.99. The van der Waals surface area contributed by atoms with Crippen molar-refractivity contribution < 1.29 is 9.52 Å². The van der Waals surface area contributed by atoms with E-state index < -0.39 is 6.10 Å². The first-order chi connectivity index (χ1) is 7.58. The van der Waals surface area contributed by atoms with Crippen LogP contribution in [0.1, 0.15) is 28.6 Å². The summed E-state index contributed by atoms with van der Waals surface area (Å²) >= 11 is 3.23. The standard InChI is InChI=1S/C13H13BrO2/c1-8-3-4-9(2)10(7-8)13(15)11-5-6-12(14)16-11/h3-7,13,15H,1-2H3. The first-order valence-corrected chi connectivity index (χ1v) is 5.87. The van der Waals surface area contributed by atoms with Crippen molar-refractivity contribution in [3.05, 3.63) is 57.5 Å². The van der Waals surface area contributed by atoms with Crippen molar-refractivity contribution in [2.75, 3.05) is 0 Å². The van der Waals surface area contributed by atoms with Crippen LogP contribution in [0.4, 0.5) is 0 Å². The van der Waals surface area contributed by atoms with E-state index in [1.807, 2.05) is 32.0 Å². The Morgan fingerprint density at radius 3 is 2.56 bits per heavy atom. The molecular weight excluding hydrogens is 268 g/mol. The summed E-state index contributed by atoms with van der Waals surface area (Å²) in [6.07, 6.45) is -0.703. The number of rotatable bonds is 2. The molecular formula is C13H13BrO2. The van der Waals surface area contributed by atoms with Crippen LogP contribution in [0, 0.1) is 13.8 Å². The Morgan fingerprint density at radius 2 is 1.94 bits per heavy atom. The van der Waals surface area contributed by atoms with Crippen LogP contribution >= 0.6 is 15.9 Å². The lowest BCUT2D eigenvalue weighted by molar-refractivity contribution is 0.187. The Morgan fingerprint density at radius 1 is 1.19 bits per heavy atom. The zero-order valence-corrected chi connectivity index (χ0v) is 10.8. The lowest BCUT2D eigenvalue weighted by atomic mass is 9.99. The third kappa shape index (κ3) is 2.20. The van der Waals surface area contributed by atoms with Gasteiger partial charge in [0.25, 0.3) is 0 Å². The van der Waals surface area contributed by atoms with Gasteiger partial charge >= 0.3 is 0 Å². The maximum atomic E-state index is 10.2. The van der Waals surface area contributed by atoms with Crippen LogP contribution < -0.4 is 0 Å². The first kappa shape index (κ1) is 11.4. The molecule has 1 aromatic carbocycles. The molecule has 0 saturated carbocycles. The molecule has 2 rings (SSSR count). The third-order valence-electron chi connectivity index (χ3n) is 2.59. The van der Waals surface area contributed by atoms with Crippen LogP contribution in [-0.4, -0.2) is 5.11 Å². The minimum atomic E-state index is -0.703. The zero-order valence-electron chi connectivity index (χ0n) is 9.20. The molecule has 0 aliphatic rings. The highest BCUT2D eigenvalue weighted by Crippen LogP contribution is 2.28. The molecule has 0 aliphatic heterocycles. The summed E-state index contributed by atoms with van der Waals surface area (Å²) in [5.41, 5.74) is 3.08. The molecule has 2 nitrogen and oxygen atoms in total. The maximum absolute atomic E-state index is 10.2. The van der Waals surface area contributed by atoms with Crippen LogP contribution in [0.25, 0.3) is 0 Å². The van der Waals surface area contributed by atoms with E-state index in [1.54, 1.807) is 12.1 Å². The van der Waals surface area contributed by atoms with E-state index in [2.05, 4.69) is 15.9 Å². The molecule has 16 heavy (non-hydrogen) atoms. The Hall–Kier alpha value is -1.06. The fraction of sp³-hybridized carbons (Fsp3) is 0.231. The SMILES string of the molecule is Cc1ccc(C)c(C(O)c2ccc(Br)o2)c1. The van der Waals surface area contributed by atoms with Gasteiger partial charge in [-0.25, -0.2) is 0 Å². The predicted octanol–water partition coefficient (Wildman–Crippen LogP) is 3.74. The highest BCUT2D eigenvalue weighted by atomic mass is 79.9. The Kier molecular flexibility index (Phi) is 3.17. The van der Waals surface area contributed by atoms with E-state index in [1.165, 1.54) is 0 Å². The van der Waals surface area contributed by atoms with Gasteiger partial charge in [0.15, 0.2) is 4.67 Å². The molecule has 0 amide bonds. The van der Waals surface area contributed by atoms with Crippen molar-refractivity contribution in [3.63, 3.8) is 0 Å². The fourth-order valence-electron chi connectivity index (χ4n) is 1.68. The fourth-order valence-corrected chi connectivity index (χ4v) is 2.00. The Bertz CT molecular complexity index is 502. The summed E-state index contributed by atoms with van der Waals surface area (Å²) in [7, 11) is 0. The average molecular weight is 281 g/mol. The number of aryl methyl sites for hydroxylation is 2. The number of halogens is 1. The largest absolute Gasteiger partial charge is 0.451 e. The zero-order chi connectivity index (χ0) is 11.7. The number of hydrogen-bond acceptors (Lipinski definition) is 2. The summed E-state index contributed by atoms with van der Waals surface area (Å²) in [5.74, 6) is 0.556. The van der Waals surface area contributed by atoms with Gasteiger partial charge < -0.3 is 9.52 Å². The highest BCUT2D eigenvalue weighted by Gasteiger charge is 2.16. The van der Waals surface area contributed by atoms with Crippen molar-refractivity contribution in [3.8, 4) is 0 Å². The molecule has 3 heteroatoms. The second-order valence-electron chi connectivity index (χ2n) is 3.90. The topological polar surface area (TPSA) is 33.4 Å². The number of aliphatic hydroxyl groups excluding tert-OH is 1. The van der Waals surface area contributed by atoms with Gasteiger partial charge in [0, 0.05) is 0 Å². The normalized spacial score (nSPS) is 12.8. The molecule has 84 valence electrons. The minimum Gasteiger partial charge on any atom is -0.451 e. The van der Waals surface area contributed by atoms with E-state index in [-0.39, 0.29) is 0 Å². The van der Waals surface area contributed by atoms with E-state index in [4.69, 9.17) is 4.42 Å². The van der Waals surface area contributed by atoms with Crippen LogP contribution in [0.2, 0.25) is 0 Å². The number of benzene rings is 1. The number of hydrogen-bond donors (Lipinski definition) is 1. The first-order valence-electron chi connectivity index (χ1n) is 5.08. The molecule has 0 radical (unpaired) electrons. The van der Waals surface area contributed by atoms with Crippen LogP contribution in [-0.2, 0) is 0 Å². The van der Waals surface area contributed by atoms with Gasteiger partial charge in [0.1, 0.15) is 11.9 Å². The van der Waals surface area contributed by atoms with Gasteiger partial charge in [-0.2, -0.15) is 0 Å². The van der Waals surface area contributed by atoms with E-state index in [0.717, 1.165) is 16.7 Å². The van der Waals surface area contributed by atoms with Crippen molar-refractivity contribution in [2.24, 2.45) is 0 Å². The molecule has 1 heterocycles.